The fraction of sp³-hybridized carbons (Fsp3) is 0.900. The molecule has 0 spiro atoms. The number of nitrogens with one attached hydrogen (secondary N) is 1. The third kappa shape index (κ3) is 4.58. The SMILES string of the molecule is CC[C@@H](N)C(=O)NCCOCC1CC1. The van der Waals surface area contributed by atoms with Gasteiger partial charge in [-0.05, 0) is 25.2 Å². The van der Waals surface area contributed by atoms with Crippen LogP contribution in [0.25, 0.3) is 0 Å². The molecule has 0 aromatic heterocycles. The van der Waals surface area contributed by atoms with E-state index in [1.165, 1.54) is 12.8 Å². The molecule has 3 N–H and O–H groups in total. The van der Waals surface area contributed by atoms with E-state index in [1.807, 2.05) is 6.92 Å². The van der Waals surface area contributed by atoms with Crippen molar-refractivity contribution in [2.24, 2.45) is 11.7 Å². The van der Waals surface area contributed by atoms with Crippen LogP contribution in [0.4, 0.5) is 0 Å². The van der Waals surface area contributed by atoms with Crippen LogP contribution in [0, 0.1) is 5.92 Å². The van der Waals surface area contributed by atoms with Gasteiger partial charge >= 0.3 is 0 Å². The molecule has 1 aliphatic rings. The highest BCUT2D eigenvalue weighted by atomic mass is 16.5. The normalized spacial score (nSPS) is 17.9. The Hall–Kier alpha value is -0.610. The molecule has 0 aliphatic heterocycles. The van der Waals surface area contributed by atoms with Crippen LogP contribution in [0.15, 0.2) is 0 Å². The second-order valence-electron chi connectivity index (χ2n) is 3.82. The highest BCUT2D eigenvalue weighted by Crippen LogP contribution is 2.28. The molecule has 0 aromatic carbocycles. The van der Waals surface area contributed by atoms with Gasteiger partial charge in [0.25, 0.3) is 0 Å². The molecule has 0 heterocycles. The van der Waals surface area contributed by atoms with Gasteiger partial charge in [0.15, 0.2) is 0 Å². The van der Waals surface area contributed by atoms with E-state index in [1.54, 1.807) is 0 Å². The molecule has 1 atom stereocenters. The first-order valence-electron chi connectivity index (χ1n) is 5.35. The molecule has 4 heteroatoms. The highest BCUT2D eigenvalue weighted by molar-refractivity contribution is 5.81. The van der Waals surface area contributed by atoms with Crippen molar-refractivity contribution in [2.75, 3.05) is 19.8 Å². The van der Waals surface area contributed by atoms with Gasteiger partial charge in [0.05, 0.1) is 12.6 Å². The van der Waals surface area contributed by atoms with Crippen LogP contribution in [-0.2, 0) is 9.53 Å². The molecule has 1 fully saturated rings. The standard InChI is InChI=1S/C10H20N2O2/c1-2-9(11)10(13)12-5-6-14-7-8-3-4-8/h8-9H,2-7,11H2,1H3,(H,12,13)/t9-/m1/s1. The Kier molecular flexibility index (Phi) is 4.90. The Bertz CT molecular complexity index is 181. The molecule has 0 unspecified atom stereocenters. The van der Waals surface area contributed by atoms with Crippen molar-refractivity contribution < 1.29 is 9.53 Å². The van der Waals surface area contributed by atoms with Gasteiger partial charge in [-0.15, -0.1) is 0 Å². The van der Waals surface area contributed by atoms with Crippen LogP contribution in [-0.4, -0.2) is 31.7 Å². The molecular formula is C10H20N2O2. The zero-order chi connectivity index (χ0) is 10.4. The van der Waals surface area contributed by atoms with Gasteiger partial charge in [0, 0.05) is 13.2 Å². The minimum absolute atomic E-state index is 0.0810. The number of nitrogens with two attached hydrogens (primary N) is 1. The van der Waals surface area contributed by atoms with E-state index in [4.69, 9.17) is 10.5 Å². The second kappa shape index (κ2) is 5.98. The summed E-state index contributed by atoms with van der Waals surface area (Å²) in [7, 11) is 0. The summed E-state index contributed by atoms with van der Waals surface area (Å²) in [6.45, 7) is 3.90. The average Bonchev–Trinajstić information content (AvgIpc) is 2.99. The van der Waals surface area contributed by atoms with E-state index in [2.05, 4.69) is 5.32 Å². The third-order valence-corrected chi connectivity index (χ3v) is 2.37. The zero-order valence-electron chi connectivity index (χ0n) is 8.79. The summed E-state index contributed by atoms with van der Waals surface area (Å²) in [6, 6.07) is -0.376. The quantitative estimate of drug-likeness (QED) is 0.580. The Balaban J connectivity index is 1.88. The van der Waals surface area contributed by atoms with Crippen molar-refractivity contribution in [3.05, 3.63) is 0 Å². The number of carbonyl (C=O) groups excluding carboxylic acids is 1. The van der Waals surface area contributed by atoms with Crippen LogP contribution in [0.1, 0.15) is 26.2 Å². The number of hydrogen-bond acceptors (Lipinski definition) is 3. The van der Waals surface area contributed by atoms with Crippen LogP contribution >= 0.6 is 0 Å². The minimum atomic E-state index is -0.376. The summed E-state index contributed by atoms with van der Waals surface area (Å²) in [6.07, 6.45) is 3.27. The molecule has 0 radical (unpaired) electrons. The first kappa shape index (κ1) is 11.5. The molecule has 1 rings (SSSR count). The Morgan fingerprint density at radius 2 is 2.36 bits per heavy atom. The van der Waals surface area contributed by atoms with Gasteiger partial charge in [0.1, 0.15) is 0 Å². The maximum absolute atomic E-state index is 11.2. The first-order chi connectivity index (χ1) is 6.74. The van der Waals surface area contributed by atoms with Crippen LogP contribution in [0.3, 0.4) is 0 Å². The zero-order valence-corrected chi connectivity index (χ0v) is 8.79. The van der Waals surface area contributed by atoms with E-state index in [9.17, 15) is 4.79 Å². The molecule has 1 amide bonds. The second-order valence-corrected chi connectivity index (χ2v) is 3.82. The third-order valence-electron chi connectivity index (χ3n) is 2.37. The average molecular weight is 200 g/mol. The fourth-order valence-electron chi connectivity index (χ4n) is 1.10. The number of amides is 1. The molecular weight excluding hydrogens is 180 g/mol. The molecule has 0 bridgehead atoms. The van der Waals surface area contributed by atoms with E-state index >= 15 is 0 Å². The van der Waals surface area contributed by atoms with Crippen LogP contribution in [0.5, 0.6) is 0 Å². The lowest BCUT2D eigenvalue weighted by Crippen LogP contribution is -2.41. The monoisotopic (exact) mass is 200 g/mol. The molecule has 1 aliphatic carbocycles. The summed E-state index contributed by atoms with van der Waals surface area (Å²) >= 11 is 0. The van der Waals surface area contributed by atoms with Crippen molar-refractivity contribution in [1.82, 2.24) is 5.32 Å². The lowest BCUT2D eigenvalue weighted by Gasteiger charge is -2.09. The Morgan fingerprint density at radius 1 is 1.64 bits per heavy atom. The maximum atomic E-state index is 11.2. The molecule has 4 nitrogen and oxygen atoms in total. The summed E-state index contributed by atoms with van der Waals surface area (Å²) in [5.74, 6) is 0.700. The summed E-state index contributed by atoms with van der Waals surface area (Å²) in [5, 5.41) is 2.74. The molecule has 0 saturated heterocycles. The van der Waals surface area contributed by atoms with Crippen molar-refractivity contribution in [3.63, 3.8) is 0 Å². The summed E-state index contributed by atoms with van der Waals surface area (Å²) in [4.78, 5) is 11.2. The predicted molar refractivity (Wildman–Crippen MR) is 54.8 cm³/mol. The van der Waals surface area contributed by atoms with Gasteiger partial charge in [-0.2, -0.15) is 0 Å². The number of carbonyl (C=O) groups is 1. The van der Waals surface area contributed by atoms with E-state index in [0.29, 0.717) is 19.6 Å². The number of hydrogen-bond donors (Lipinski definition) is 2. The molecule has 82 valence electrons. The lowest BCUT2D eigenvalue weighted by atomic mass is 10.2. The molecule has 1 saturated carbocycles. The van der Waals surface area contributed by atoms with E-state index < -0.39 is 0 Å². The van der Waals surface area contributed by atoms with Crippen molar-refractivity contribution in [3.8, 4) is 0 Å². The van der Waals surface area contributed by atoms with Crippen molar-refractivity contribution >= 4 is 5.91 Å². The topological polar surface area (TPSA) is 64.4 Å². The van der Waals surface area contributed by atoms with Crippen molar-refractivity contribution in [2.45, 2.75) is 32.2 Å². The Labute approximate surface area is 85.2 Å². The summed E-state index contributed by atoms with van der Waals surface area (Å²) < 4.78 is 5.37. The predicted octanol–water partition coefficient (Wildman–Crippen LogP) is 0.267. The van der Waals surface area contributed by atoms with E-state index in [-0.39, 0.29) is 11.9 Å². The first-order valence-corrected chi connectivity index (χ1v) is 5.35. The van der Waals surface area contributed by atoms with Crippen molar-refractivity contribution in [1.29, 1.82) is 0 Å². The fourth-order valence-corrected chi connectivity index (χ4v) is 1.10. The van der Waals surface area contributed by atoms with Crippen LogP contribution < -0.4 is 11.1 Å². The largest absolute Gasteiger partial charge is 0.379 e. The number of ether oxygens (including phenoxy) is 1. The highest BCUT2D eigenvalue weighted by Gasteiger charge is 2.20. The maximum Gasteiger partial charge on any atom is 0.236 e. The Morgan fingerprint density at radius 3 is 2.93 bits per heavy atom. The molecule has 0 aromatic rings. The van der Waals surface area contributed by atoms with Gasteiger partial charge in [-0.25, -0.2) is 0 Å². The van der Waals surface area contributed by atoms with Gasteiger partial charge in [0.2, 0.25) is 5.91 Å². The van der Waals surface area contributed by atoms with Gasteiger partial charge in [-0.1, -0.05) is 6.92 Å². The summed E-state index contributed by atoms with van der Waals surface area (Å²) in [5.41, 5.74) is 5.54. The lowest BCUT2D eigenvalue weighted by molar-refractivity contribution is -0.122. The van der Waals surface area contributed by atoms with Gasteiger partial charge in [-0.3, -0.25) is 4.79 Å². The minimum Gasteiger partial charge on any atom is -0.379 e. The molecule has 14 heavy (non-hydrogen) atoms. The van der Waals surface area contributed by atoms with E-state index in [0.717, 1.165) is 12.5 Å². The van der Waals surface area contributed by atoms with Gasteiger partial charge < -0.3 is 15.8 Å². The smallest absolute Gasteiger partial charge is 0.236 e. The van der Waals surface area contributed by atoms with Crippen LogP contribution in [0.2, 0.25) is 0 Å². The number of rotatable bonds is 7.